The first-order chi connectivity index (χ1) is 13.1. The summed E-state index contributed by atoms with van der Waals surface area (Å²) in [5.74, 6) is 1.81. The van der Waals surface area contributed by atoms with E-state index in [1.165, 1.54) is 0 Å². The van der Waals surface area contributed by atoms with E-state index in [1.54, 1.807) is 25.5 Å². The van der Waals surface area contributed by atoms with Gasteiger partial charge in [0.25, 0.3) is 0 Å². The van der Waals surface area contributed by atoms with Crippen molar-refractivity contribution >= 4 is 28.3 Å². The summed E-state index contributed by atoms with van der Waals surface area (Å²) in [7, 11) is 5.50. The molecule has 2 aromatic heterocycles. The second kappa shape index (κ2) is 8.96. The Bertz CT molecular complexity index is 869. The minimum Gasteiger partial charge on any atom is -0.375 e. The number of rotatable bonds is 7. The van der Waals surface area contributed by atoms with Crippen molar-refractivity contribution in [3.05, 3.63) is 46.2 Å². The Morgan fingerprint density at radius 2 is 2.19 bits per heavy atom. The van der Waals surface area contributed by atoms with Crippen LogP contribution in [-0.4, -0.2) is 53.6 Å². The Kier molecular flexibility index (Phi) is 6.41. The van der Waals surface area contributed by atoms with Crippen LogP contribution in [0.5, 0.6) is 0 Å². The summed E-state index contributed by atoms with van der Waals surface area (Å²) in [4.78, 5) is 19.0. The summed E-state index contributed by atoms with van der Waals surface area (Å²) in [6, 6.07) is 8.07. The van der Waals surface area contributed by atoms with Crippen molar-refractivity contribution in [1.82, 2.24) is 25.2 Å². The van der Waals surface area contributed by atoms with E-state index in [1.807, 2.05) is 38.2 Å². The number of aromatic amines is 1. The number of fused-ring (bicyclic) bond motifs is 1. The number of ether oxygens (including phenoxy) is 1. The average Bonchev–Trinajstić information content (AvgIpc) is 3.30. The molecule has 144 valence electrons. The quantitative estimate of drug-likeness (QED) is 0.482. The lowest BCUT2D eigenvalue weighted by Gasteiger charge is -2.21. The van der Waals surface area contributed by atoms with Crippen molar-refractivity contribution in [1.29, 1.82) is 0 Å². The average molecular weight is 387 g/mol. The van der Waals surface area contributed by atoms with Crippen molar-refractivity contribution in [2.75, 3.05) is 27.7 Å². The number of hydrogen-bond acceptors (Lipinski definition) is 5. The molecular weight excluding hydrogens is 360 g/mol. The van der Waals surface area contributed by atoms with E-state index in [4.69, 9.17) is 4.74 Å². The summed E-state index contributed by atoms with van der Waals surface area (Å²) in [5, 5.41) is 6.46. The zero-order valence-electron chi connectivity index (χ0n) is 16.2. The van der Waals surface area contributed by atoms with E-state index in [2.05, 4.69) is 35.5 Å². The molecule has 0 fully saturated rings. The van der Waals surface area contributed by atoms with Crippen LogP contribution in [0.4, 0.5) is 0 Å². The molecule has 2 N–H and O–H groups in total. The van der Waals surface area contributed by atoms with Gasteiger partial charge in [0, 0.05) is 39.6 Å². The normalized spacial score (nSPS) is 13.1. The number of methoxy groups -OCH3 is 1. The van der Waals surface area contributed by atoms with E-state index in [0.717, 1.165) is 46.5 Å². The molecule has 0 spiro atoms. The van der Waals surface area contributed by atoms with Crippen LogP contribution in [0.25, 0.3) is 11.0 Å². The van der Waals surface area contributed by atoms with Gasteiger partial charge in [0.15, 0.2) is 5.96 Å². The molecule has 0 saturated carbocycles. The van der Waals surface area contributed by atoms with Crippen molar-refractivity contribution in [3.63, 3.8) is 0 Å². The van der Waals surface area contributed by atoms with Crippen molar-refractivity contribution in [3.8, 4) is 0 Å². The van der Waals surface area contributed by atoms with E-state index in [0.29, 0.717) is 6.54 Å². The number of benzene rings is 1. The van der Waals surface area contributed by atoms with Gasteiger partial charge in [0.2, 0.25) is 0 Å². The summed E-state index contributed by atoms with van der Waals surface area (Å²) in [6.45, 7) is 3.45. The van der Waals surface area contributed by atoms with Crippen LogP contribution in [0.3, 0.4) is 0 Å². The zero-order chi connectivity index (χ0) is 19.2. The molecule has 0 aliphatic heterocycles. The van der Waals surface area contributed by atoms with Crippen LogP contribution in [-0.2, 0) is 17.7 Å². The maximum Gasteiger partial charge on any atom is 0.193 e. The lowest BCUT2D eigenvalue weighted by molar-refractivity contribution is 0.119. The van der Waals surface area contributed by atoms with E-state index in [9.17, 15) is 0 Å². The van der Waals surface area contributed by atoms with Crippen LogP contribution in [0.2, 0.25) is 0 Å². The molecule has 7 nitrogen and oxygen atoms in total. The second-order valence-corrected chi connectivity index (χ2v) is 7.23. The minimum absolute atomic E-state index is 0.0234. The molecule has 0 aliphatic rings. The molecule has 8 heteroatoms. The first-order valence-electron chi connectivity index (χ1n) is 8.93. The molecule has 1 aromatic carbocycles. The molecule has 0 saturated heterocycles. The number of aliphatic imine (C=N–C) groups is 1. The van der Waals surface area contributed by atoms with Crippen molar-refractivity contribution < 1.29 is 4.74 Å². The van der Waals surface area contributed by atoms with Crippen LogP contribution >= 0.6 is 11.3 Å². The summed E-state index contributed by atoms with van der Waals surface area (Å²) in [5.41, 5.74) is 3.08. The fourth-order valence-corrected chi connectivity index (χ4v) is 3.64. The molecule has 3 rings (SSSR count). The molecule has 0 amide bonds. The van der Waals surface area contributed by atoms with Gasteiger partial charge >= 0.3 is 0 Å². The van der Waals surface area contributed by atoms with Gasteiger partial charge in [-0.25, -0.2) is 9.97 Å². The molecule has 2 heterocycles. The van der Waals surface area contributed by atoms with Gasteiger partial charge in [0.05, 0.1) is 23.3 Å². The Labute approximate surface area is 163 Å². The number of guanidine groups is 1. The number of imidazole rings is 1. The fourth-order valence-electron chi connectivity index (χ4n) is 2.80. The van der Waals surface area contributed by atoms with Crippen LogP contribution in [0.15, 0.2) is 34.6 Å². The predicted octanol–water partition coefficient (Wildman–Crippen LogP) is 2.98. The van der Waals surface area contributed by atoms with Gasteiger partial charge < -0.3 is 19.9 Å². The van der Waals surface area contributed by atoms with Crippen LogP contribution < -0.4 is 5.32 Å². The summed E-state index contributed by atoms with van der Waals surface area (Å²) < 4.78 is 5.33. The SMILES string of the molecule is CN=C(NCCc1nc2ccccc2[nH]1)N(C)Cc1csc(C(C)OC)n1. The maximum absolute atomic E-state index is 5.33. The van der Waals surface area contributed by atoms with E-state index in [-0.39, 0.29) is 6.10 Å². The Morgan fingerprint density at radius 3 is 2.93 bits per heavy atom. The number of nitrogens with one attached hydrogen (secondary N) is 2. The molecule has 1 unspecified atom stereocenters. The number of thiazole rings is 1. The highest BCUT2D eigenvalue weighted by Gasteiger charge is 2.12. The zero-order valence-corrected chi connectivity index (χ0v) is 17.0. The largest absolute Gasteiger partial charge is 0.375 e. The molecular formula is C19H26N6OS. The van der Waals surface area contributed by atoms with Gasteiger partial charge in [-0.3, -0.25) is 4.99 Å². The topological polar surface area (TPSA) is 78.4 Å². The van der Waals surface area contributed by atoms with Gasteiger partial charge in [0.1, 0.15) is 16.9 Å². The number of para-hydroxylation sites is 2. The van der Waals surface area contributed by atoms with Gasteiger partial charge in [-0.2, -0.15) is 0 Å². The highest BCUT2D eigenvalue weighted by atomic mass is 32.1. The molecule has 0 aliphatic carbocycles. The van der Waals surface area contributed by atoms with Gasteiger partial charge in [-0.1, -0.05) is 12.1 Å². The molecule has 1 atom stereocenters. The minimum atomic E-state index is 0.0234. The standard InChI is InChI=1S/C19H26N6OS/c1-13(26-4)18-22-14(12-27-18)11-25(3)19(20-2)21-10-9-17-23-15-7-5-6-8-16(15)24-17/h5-8,12-13H,9-11H2,1-4H3,(H,20,21)(H,23,24). The first kappa shape index (κ1) is 19.3. The molecule has 0 radical (unpaired) electrons. The number of aromatic nitrogens is 3. The molecule has 27 heavy (non-hydrogen) atoms. The van der Waals surface area contributed by atoms with Crippen LogP contribution in [0, 0.1) is 0 Å². The third-order valence-corrected chi connectivity index (χ3v) is 5.38. The lowest BCUT2D eigenvalue weighted by atomic mass is 10.3. The molecule has 0 bridgehead atoms. The third kappa shape index (κ3) is 4.84. The summed E-state index contributed by atoms with van der Waals surface area (Å²) >= 11 is 1.63. The van der Waals surface area contributed by atoms with Gasteiger partial charge in [-0.15, -0.1) is 11.3 Å². The van der Waals surface area contributed by atoms with E-state index >= 15 is 0 Å². The monoisotopic (exact) mass is 386 g/mol. The Hall–Kier alpha value is -2.45. The number of hydrogen-bond donors (Lipinski definition) is 2. The highest BCUT2D eigenvalue weighted by molar-refractivity contribution is 7.09. The Balaban J connectivity index is 1.52. The smallest absolute Gasteiger partial charge is 0.193 e. The number of nitrogens with zero attached hydrogens (tertiary/aromatic N) is 4. The lowest BCUT2D eigenvalue weighted by Crippen LogP contribution is -2.39. The Morgan fingerprint density at radius 1 is 1.37 bits per heavy atom. The van der Waals surface area contributed by atoms with E-state index < -0.39 is 0 Å². The van der Waals surface area contributed by atoms with Crippen molar-refractivity contribution in [2.45, 2.75) is 26.0 Å². The third-order valence-electron chi connectivity index (χ3n) is 4.33. The first-order valence-corrected chi connectivity index (χ1v) is 9.81. The highest BCUT2D eigenvalue weighted by Crippen LogP contribution is 2.20. The van der Waals surface area contributed by atoms with Crippen molar-refractivity contribution in [2.24, 2.45) is 4.99 Å². The molecule has 3 aromatic rings. The maximum atomic E-state index is 5.33. The fraction of sp³-hybridized carbons (Fsp3) is 0.421. The van der Waals surface area contributed by atoms with Gasteiger partial charge in [-0.05, 0) is 19.1 Å². The number of H-pyrrole nitrogens is 1. The van der Waals surface area contributed by atoms with Crippen LogP contribution in [0.1, 0.15) is 29.6 Å². The summed E-state index contributed by atoms with van der Waals surface area (Å²) in [6.07, 6.45) is 0.823. The second-order valence-electron chi connectivity index (χ2n) is 6.34. The predicted molar refractivity (Wildman–Crippen MR) is 110 cm³/mol.